The third-order valence-electron chi connectivity index (χ3n) is 3.24. The lowest BCUT2D eigenvalue weighted by Gasteiger charge is -2.17. The number of amides is 1. The van der Waals surface area contributed by atoms with Crippen LogP contribution in [0, 0.1) is 0 Å². The molecule has 0 saturated heterocycles. The van der Waals surface area contributed by atoms with Gasteiger partial charge in [-0.1, -0.05) is 18.2 Å². The molecule has 5 nitrogen and oxygen atoms in total. The zero-order valence-corrected chi connectivity index (χ0v) is 12.2. The molecule has 0 aliphatic rings. The van der Waals surface area contributed by atoms with Crippen LogP contribution in [0.1, 0.15) is 34.6 Å². The SMILES string of the molecule is COc1ccccc1C(C)NC(=O)c1ccnc(CN)c1. The average molecular weight is 285 g/mol. The highest BCUT2D eigenvalue weighted by Gasteiger charge is 2.15. The minimum atomic E-state index is -0.164. The lowest BCUT2D eigenvalue weighted by molar-refractivity contribution is 0.0939. The summed E-state index contributed by atoms with van der Waals surface area (Å²) in [6, 6.07) is 10.8. The van der Waals surface area contributed by atoms with E-state index < -0.39 is 0 Å². The number of carbonyl (C=O) groups excluding carboxylic acids is 1. The van der Waals surface area contributed by atoms with E-state index in [1.165, 1.54) is 0 Å². The van der Waals surface area contributed by atoms with E-state index in [2.05, 4.69) is 10.3 Å². The molecular formula is C16H19N3O2. The van der Waals surface area contributed by atoms with Crippen molar-refractivity contribution >= 4 is 5.91 Å². The smallest absolute Gasteiger partial charge is 0.251 e. The molecule has 5 heteroatoms. The summed E-state index contributed by atoms with van der Waals surface area (Å²) in [6.07, 6.45) is 1.59. The van der Waals surface area contributed by atoms with Gasteiger partial charge in [0.25, 0.3) is 5.91 Å². The van der Waals surface area contributed by atoms with Crippen molar-refractivity contribution in [3.63, 3.8) is 0 Å². The number of rotatable bonds is 5. The van der Waals surface area contributed by atoms with Crippen molar-refractivity contribution in [2.45, 2.75) is 19.5 Å². The van der Waals surface area contributed by atoms with E-state index in [0.717, 1.165) is 11.3 Å². The Bertz CT molecular complexity index is 628. The van der Waals surface area contributed by atoms with Crippen molar-refractivity contribution in [3.05, 3.63) is 59.4 Å². The van der Waals surface area contributed by atoms with Crippen molar-refractivity contribution in [3.8, 4) is 5.75 Å². The van der Waals surface area contributed by atoms with Crippen LogP contribution in [0.5, 0.6) is 5.75 Å². The highest BCUT2D eigenvalue weighted by Crippen LogP contribution is 2.24. The molecule has 3 N–H and O–H groups in total. The summed E-state index contributed by atoms with van der Waals surface area (Å²) in [6.45, 7) is 2.23. The van der Waals surface area contributed by atoms with Gasteiger partial charge in [-0.05, 0) is 25.1 Å². The molecule has 0 fully saturated rings. The maximum atomic E-state index is 12.3. The van der Waals surface area contributed by atoms with Crippen LogP contribution in [0.15, 0.2) is 42.6 Å². The van der Waals surface area contributed by atoms with E-state index in [1.807, 2.05) is 31.2 Å². The van der Waals surface area contributed by atoms with E-state index in [1.54, 1.807) is 25.4 Å². The Hall–Kier alpha value is -2.40. The summed E-state index contributed by atoms with van der Waals surface area (Å²) in [7, 11) is 1.61. The van der Waals surface area contributed by atoms with Crippen molar-refractivity contribution in [1.29, 1.82) is 0 Å². The van der Waals surface area contributed by atoms with Crippen LogP contribution in [0.25, 0.3) is 0 Å². The molecule has 110 valence electrons. The first-order chi connectivity index (χ1) is 10.2. The number of pyridine rings is 1. The minimum absolute atomic E-state index is 0.162. The fourth-order valence-electron chi connectivity index (χ4n) is 2.11. The normalized spacial score (nSPS) is 11.8. The number of ether oxygens (including phenoxy) is 1. The summed E-state index contributed by atoms with van der Waals surface area (Å²) in [5, 5.41) is 2.95. The second kappa shape index (κ2) is 6.85. The Balaban J connectivity index is 2.15. The van der Waals surface area contributed by atoms with Gasteiger partial charge in [-0.2, -0.15) is 0 Å². The zero-order valence-electron chi connectivity index (χ0n) is 12.2. The number of nitrogens with two attached hydrogens (primary N) is 1. The van der Waals surface area contributed by atoms with E-state index in [9.17, 15) is 4.79 Å². The van der Waals surface area contributed by atoms with Gasteiger partial charge in [-0.15, -0.1) is 0 Å². The maximum Gasteiger partial charge on any atom is 0.251 e. The Morgan fingerprint density at radius 2 is 2.14 bits per heavy atom. The highest BCUT2D eigenvalue weighted by atomic mass is 16.5. The standard InChI is InChI=1S/C16H19N3O2/c1-11(14-5-3-4-6-15(14)21-2)19-16(20)12-7-8-18-13(9-12)10-17/h3-9,11H,10,17H2,1-2H3,(H,19,20). The fourth-order valence-corrected chi connectivity index (χ4v) is 2.11. The molecule has 21 heavy (non-hydrogen) atoms. The van der Waals surface area contributed by atoms with Gasteiger partial charge in [0, 0.05) is 23.9 Å². The molecule has 0 aliphatic carbocycles. The van der Waals surface area contributed by atoms with Crippen molar-refractivity contribution < 1.29 is 9.53 Å². The molecule has 1 amide bonds. The lowest BCUT2D eigenvalue weighted by atomic mass is 10.1. The molecule has 1 atom stereocenters. The first-order valence-electron chi connectivity index (χ1n) is 6.74. The molecular weight excluding hydrogens is 266 g/mol. The van der Waals surface area contributed by atoms with E-state index in [-0.39, 0.29) is 11.9 Å². The summed E-state index contributed by atoms with van der Waals surface area (Å²) < 4.78 is 5.31. The monoisotopic (exact) mass is 285 g/mol. The first kappa shape index (κ1) is 15.0. The van der Waals surface area contributed by atoms with Gasteiger partial charge in [-0.25, -0.2) is 0 Å². The Kier molecular flexibility index (Phi) is 4.90. The summed E-state index contributed by atoms with van der Waals surface area (Å²) in [5.41, 5.74) is 7.71. The molecule has 1 heterocycles. The third-order valence-corrected chi connectivity index (χ3v) is 3.24. The van der Waals surface area contributed by atoms with Crippen molar-refractivity contribution in [2.24, 2.45) is 5.73 Å². The van der Waals surface area contributed by atoms with Crippen LogP contribution in [-0.4, -0.2) is 18.0 Å². The average Bonchev–Trinajstić information content (AvgIpc) is 2.54. The van der Waals surface area contributed by atoms with Crippen LogP contribution in [0.2, 0.25) is 0 Å². The predicted molar refractivity (Wildman–Crippen MR) is 81.0 cm³/mol. The highest BCUT2D eigenvalue weighted by molar-refractivity contribution is 5.94. The number of hydrogen-bond donors (Lipinski definition) is 2. The van der Waals surface area contributed by atoms with E-state index in [0.29, 0.717) is 17.8 Å². The van der Waals surface area contributed by atoms with Crippen LogP contribution in [0.4, 0.5) is 0 Å². The molecule has 1 aromatic carbocycles. The number of nitrogens with one attached hydrogen (secondary N) is 1. The van der Waals surface area contributed by atoms with Gasteiger partial charge in [0.15, 0.2) is 0 Å². The third kappa shape index (κ3) is 3.58. The summed E-state index contributed by atoms with van der Waals surface area (Å²) >= 11 is 0. The number of nitrogens with zero attached hydrogens (tertiary/aromatic N) is 1. The van der Waals surface area contributed by atoms with Crippen LogP contribution >= 0.6 is 0 Å². The van der Waals surface area contributed by atoms with Crippen LogP contribution < -0.4 is 15.8 Å². The fraction of sp³-hybridized carbons (Fsp3) is 0.250. The van der Waals surface area contributed by atoms with E-state index in [4.69, 9.17) is 10.5 Å². The molecule has 0 bridgehead atoms. The number of aromatic nitrogens is 1. The minimum Gasteiger partial charge on any atom is -0.496 e. The van der Waals surface area contributed by atoms with Gasteiger partial charge < -0.3 is 15.8 Å². The van der Waals surface area contributed by atoms with Gasteiger partial charge in [0.2, 0.25) is 0 Å². The summed E-state index contributed by atoms with van der Waals surface area (Å²) in [4.78, 5) is 16.4. The van der Waals surface area contributed by atoms with Gasteiger partial charge in [0.1, 0.15) is 5.75 Å². The number of para-hydroxylation sites is 1. The molecule has 0 saturated carbocycles. The quantitative estimate of drug-likeness (QED) is 0.881. The first-order valence-corrected chi connectivity index (χ1v) is 6.74. The van der Waals surface area contributed by atoms with Crippen LogP contribution in [0.3, 0.4) is 0 Å². The Labute approximate surface area is 124 Å². The number of methoxy groups -OCH3 is 1. The molecule has 1 unspecified atom stereocenters. The topological polar surface area (TPSA) is 77.2 Å². The van der Waals surface area contributed by atoms with Gasteiger partial charge >= 0.3 is 0 Å². The number of hydrogen-bond acceptors (Lipinski definition) is 4. The summed E-state index contributed by atoms with van der Waals surface area (Å²) in [5.74, 6) is 0.591. The maximum absolute atomic E-state index is 12.3. The second-order valence-electron chi connectivity index (χ2n) is 4.68. The molecule has 0 spiro atoms. The van der Waals surface area contributed by atoms with E-state index >= 15 is 0 Å². The second-order valence-corrected chi connectivity index (χ2v) is 4.68. The van der Waals surface area contributed by atoms with Crippen molar-refractivity contribution in [1.82, 2.24) is 10.3 Å². The van der Waals surface area contributed by atoms with Crippen LogP contribution in [-0.2, 0) is 6.54 Å². The molecule has 1 aromatic heterocycles. The van der Waals surface area contributed by atoms with Crippen molar-refractivity contribution in [2.75, 3.05) is 7.11 Å². The van der Waals surface area contributed by atoms with Gasteiger partial charge in [-0.3, -0.25) is 9.78 Å². The Morgan fingerprint density at radius 1 is 1.38 bits per heavy atom. The molecule has 0 radical (unpaired) electrons. The molecule has 2 aromatic rings. The Morgan fingerprint density at radius 3 is 2.86 bits per heavy atom. The molecule has 0 aliphatic heterocycles. The number of carbonyl (C=O) groups is 1. The predicted octanol–water partition coefficient (Wildman–Crippen LogP) is 2.04. The lowest BCUT2D eigenvalue weighted by Crippen LogP contribution is -2.27. The molecule has 2 rings (SSSR count). The largest absolute Gasteiger partial charge is 0.496 e. The zero-order chi connectivity index (χ0) is 15.2. The number of benzene rings is 1. The van der Waals surface area contributed by atoms with Gasteiger partial charge in [0.05, 0.1) is 18.8 Å².